The van der Waals surface area contributed by atoms with Gasteiger partial charge in [-0.25, -0.2) is 14.0 Å². The summed E-state index contributed by atoms with van der Waals surface area (Å²) in [6.07, 6.45) is -3.69. The van der Waals surface area contributed by atoms with Crippen LogP contribution in [0.5, 0.6) is 17.2 Å². The molecule has 3 rings (SSSR count). The Labute approximate surface area is 209 Å². The first-order valence-corrected chi connectivity index (χ1v) is 11.1. The zero-order chi connectivity index (χ0) is 27.6. The molecule has 2 aliphatic rings. The molecule has 17 heteroatoms. The Hall–Kier alpha value is -3.83. The number of hydrogen-bond acceptors (Lipinski definition) is 10. The van der Waals surface area contributed by atoms with Gasteiger partial charge in [0.2, 0.25) is 12.1 Å². The minimum absolute atomic E-state index is 0.0358. The number of halogens is 1. The molecular weight excluding hydrogens is 502 g/mol. The molecule has 2 aliphatic heterocycles. The van der Waals surface area contributed by atoms with Gasteiger partial charge in [0.05, 0.1) is 12.0 Å². The monoisotopic (exact) mass is 528 g/mol. The third-order valence-electron chi connectivity index (χ3n) is 5.97. The molecule has 2 heterocycles. The number of rotatable bonds is 7. The van der Waals surface area contributed by atoms with Crippen LogP contribution in [-0.2, 0) is 16.0 Å². The molecular formula is C20H26BFN4O11. The number of carbonyl (C=O) groups is 4. The van der Waals surface area contributed by atoms with Gasteiger partial charge < -0.3 is 50.7 Å². The molecule has 1 aromatic carbocycles. The Balaban J connectivity index is 1.72. The zero-order valence-electron chi connectivity index (χ0n) is 19.5. The van der Waals surface area contributed by atoms with Crippen molar-refractivity contribution in [1.82, 2.24) is 20.4 Å². The molecule has 15 nitrogen and oxygen atoms in total. The van der Waals surface area contributed by atoms with Gasteiger partial charge in [-0.1, -0.05) is 0 Å². The van der Waals surface area contributed by atoms with Gasteiger partial charge in [0, 0.05) is 19.6 Å². The number of piperazine rings is 1. The number of urea groups is 1. The Morgan fingerprint density at radius 2 is 1.97 bits per heavy atom. The van der Waals surface area contributed by atoms with Crippen molar-refractivity contribution < 1.29 is 58.8 Å². The van der Waals surface area contributed by atoms with Crippen molar-refractivity contribution in [3.63, 3.8) is 0 Å². The number of nitrogens with zero attached hydrogens (tertiary/aromatic N) is 2. The Bertz CT molecular complexity index is 1090. The number of nitrogens with one attached hydrogen (secondary N) is 2. The molecule has 4 amide bonds. The summed E-state index contributed by atoms with van der Waals surface area (Å²) in [5, 5.41) is 64.1. The number of aromatic carboxylic acids is 1. The molecule has 202 valence electrons. The van der Waals surface area contributed by atoms with E-state index in [2.05, 4.69) is 10.6 Å². The first-order valence-electron chi connectivity index (χ1n) is 11.1. The lowest BCUT2D eigenvalue weighted by Gasteiger charge is -2.38. The fourth-order valence-corrected chi connectivity index (χ4v) is 4.03. The van der Waals surface area contributed by atoms with Gasteiger partial charge in [-0.05, 0) is 25.0 Å². The second-order valence-electron chi connectivity index (χ2n) is 8.49. The standard InChI is InChI=1S/C20H26BFN4O11/c1-8(27)13(24-20(35)26-5-4-25(3-2-22)17(31)18(26)32)16(30)23-11-7-9-6-10(28)14(29)12(19(33)34)15(9)37-21(11)36/h6,8,11,13,18,27-29,32,36H,2-5,7H2,1H3,(H,23,30)(H,24,35)(H,33,34)/t8-,11+,13-,18?/m1/s1. The summed E-state index contributed by atoms with van der Waals surface area (Å²) >= 11 is 0. The van der Waals surface area contributed by atoms with E-state index in [1.807, 2.05) is 0 Å². The fraction of sp³-hybridized carbons (Fsp3) is 0.500. The summed E-state index contributed by atoms with van der Waals surface area (Å²) in [5.74, 6) is -6.93. The number of fused-ring (bicyclic) bond motifs is 1. The van der Waals surface area contributed by atoms with E-state index >= 15 is 0 Å². The van der Waals surface area contributed by atoms with Crippen LogP contribution in [0.25, 0.3) is 0 Å². The highest BCUT2D eigenvalue weighted by Crippen LogP contribution is 2.41. The second kappa shape index (κ2) is 11.1. The molecule has 1 aromatic rings. The summed E-state index contributed by atoms with van der Waals surface area (Å²) in [7, 11) is -1.81. The van der Waals surface area contributed by atoms with E-state index in [0.29, 0.717) is 4.90 Å². The average molecular weight is 528 g/mol. The van der Waals surface area contributed by atoms with Crippen LogP contribution in [0.3, 0.4) is 0 Å². The SMILES string of the molecule is C[C@@H](O)[C@@H](NC(=O)N1CCN(CCF)C(=O)C1O)C(=O)N[C@H]1Cc2cc(O)c(O)c(C(=O)O)c2OB1O. The number of amides is 4. The Morgan fingerprint density at radius 3 is 2.57 bits per heavy atom. The van der Waals surface area contributed by atoms with E-state index in [9.17, 15) is 54.1 Å². The van der Waals surface area contributed by atoms with Crippen LogP contribution < -0.4 is 15.3 Å². The van der Waals surface area contributed by atoms with E-state index in [-0.39, 0.29) is 31.6 Å². The number of phenols is 2. The number of phenolic OH excluding ortho intramolecular Hbond substituents is 1. The maximum atomic E-state index is 12.9. The lowest BCUT2D eigenvalue weighted by molar-refractivity contribution is -0.154. The number of carboxylic acids is 1. The van der Waals surface area contributed by atoms with Gasteiger partial charge >= 0.3 is 19.1 Å². The lowest BCUT2D eigenvalue weighted by atomic mass is 9.72. The van der Waals surface area contributed by atoms with Crippen LogP contribution in [-0.4, -0.2) is 122 Å². The van der Waals surface area contributed by atoms with Crippen LogP contribution in [0, 0.1) is 0 Å². The molecule has 0 spiro atoms. The minimum atomic E-state index is -1.93. The van der Waals surface area contributed by atoms with E-state index in [0.717, 1.165) is 11.0 Å². The first kappa shape index (κ1) is 27.8. The first-order chi connectivity index (χ1) is 17.4. The van der Waals surface area contributed by atoms with Gasteiger partial charge in [0.15, 0.2) is 11.5 Å². The lowest BCUT2D eigenvalue weighted by Crippen LogP contribution is -2.65. The van der Waals surface area contributed by atoms with Crippen molar-refractivity contribution >= 4 is 30.9 Å². The second-order valence-corrected chi connectivity index (χ2v) is 8.49. The molecule has 1 saturated heterocycles. The highest BCUT2D eigenvalue weighted by Gasteiger charge is 2.42. The molecule has 4 atom stereocenters. The van der Waals surface area contributed by atoms with Crippen molar-refractivity contribution in [2.24, 2.45) is 0 Å². The van der Waals surface area contributed by atoms with Gasteiger partial charge in [0.1, 0.15) is 24.0 Å². The van der Waals surface area contributed by atoms with Crippen LogP contribution in [0.2, 0.25) is 0 Å². The summed E-state index contributed by atoms with van der Waals surface area (Å²) in [4.78, 5) is 50.9. The predicted octanol–water partition coefficient (Wildman–Crippen LogP) is -2.87. The van der Waals surface area contributed by atoms with E-state index in [1.54, 1.807) is 0 Å². The summed E-state index contributed by atoms with van der Waals surface area (Å²) in [5.41, 5.74) is -0.749. The molecule has 37 heavy (non-hydrogen) atoms. The number of alkyl halides is 1. The van der Waals surface area contributed by atoms with Gasteiger partial charge in [-0.15, -0.1) is 0 Å². The highest BCUT2D eigenvalue weighted by molar-refractivity contribution is 6.47. The maximum absolute atomic E-state index is 12.9. The normalized spacial score (nSPS) is 21.0. The molecule has 0 aromatic heterocycles. The number of benzene rings is 1. The third-order valence-corrected chi connectivity index (χ3v) is 5.97. The number of aromatic hydroxyl groups is 2. The summed E-state index contributed by atoms with van der Waals surface area (Å²) in [6, 6.07) is -1.70. The Morgan fingerprint density at radius 1 is 1.30 bits per heavy atom. The highest BCUT2D eigenvalue weighted by atomic mass is 19.1. The Kier molecular flexibility index (Phi) is 8.30. The van der Waals surface area contributed by atoms with Crippen molar-refractivity contribution in [1.29, 1.82) is 0 Å². The molecule has 1 fully saturated rings. The predicted molar refractivity (Wildman–Crippen MR) is 120 cm³/mol. The topological polar surface area (TPSA) is 229 Å². The van der Waals surface area contributed by atoms with Gasteiger partial charge in [-0.3, -0.25) is 14.5 Å². The molecule has 8 N–H and O–H groups in total. The molecule has 0 bridgehead atoms. The number of hydrogen-bond donors (Lipinski definition) is 8. The number of aliphatic hydroxyl groups is 2. The van der Waals surface area contributed by atoms with Crippen molar-refractivity contribution in [3.8, 4) is 17.2 Å². The number of carboxylic acid groups (broad SMARTS) is 1. The van der Waals surface area contributed by atoms with E-state index < -0.39 is 84.7 Å². The smallest absolute Gasteiger partial charge is 0.534 e. The number of aliphatic hydroxyl groups excluding tert-OH is 2. The number of carbonyl (C=O) groups excluding carboxylic acids is 3. The maximum Gasteiger partial charge on any atom is 0.547 e. The van der Waals surface area contributed by atoms with Crippen LogP contribution in [0.15, 0.2) is 6.07 Å². The minimum Gasteiger partial charge on any atom is -0.534 e. The van der Waals surface area contributed by atoms with Crippen LogP contribution in [0.1, 0.15) is 22.8 Å². The average Bonchev–Trinajstić information content (AvgIpc) is 2.82. The van der Waals surface area contributed by atoms with Crippen molar-refractivity contribution in [2.45, 2.75) is 37.7 Å². The van der Waals surface area contributed by atoms with E-state index in [4.69, 9.17) is 4.65 Å². The molecule has 0 radical (unpaired) electrons. The van der Waals surface area contributed by atoms with Crippen LogP contribution >= 0.6 is 0 Å². The molecule has 0 saturated carbocycles. The van der Waals surface area contributed by atoms with Gasteiger partial charge in [-0.2, -0.15) is 0 Å². The van der Waals surface area contributed by atoms with Crippen LogP contribution in [0.4, 0.5) is 9.18 Å². The fourth-order valence-electron chi connectivity index (χ4n) is 4.03. The molecule has 0 aliphatic carbocycles. The summed E-state index contributed by atoms with van der Waals surface area (Å²) in [6.45, 7) is -0.168. The zero-order valence-corrected chi connectivity index (χ0v) is 19.5. The molecule has 1 unspecified atom stereocenters. The van der Waals surface area contributed by atoms with E-state index in [1.165, 1.54) is 6.92 Å². The largest absolute Gasteiger partial charge is 0.547 e. The van der Waals surface area contributed by atoms with Crippen molar-refractivity contribution in [2.75, 3.05) is 26.3 Å². The van der Waals surface area contributed by atoms with Crippen molar-refractivity contribution in [3.05, 3.63) is 17.2 Å². The quantitative estimate of drug-likeness (QED) is 0.132. The third kappa shape index (κ3) is 5.62. The van der Waals surface area contributed by atoms with Gasteiger partial charge in [0.25, 0.3) is 5.91 Å². The summed E-state index contributed by atoms with van der Waals surface area (Å²) < 4.78 is 17.7.